The number of hydrazine groups is 1. The van der Waals surface area contributed by atoms with Crippen molar-refractivity contribution in [2.45, 2.75) is 0 Å². The molecule has 5 N–H and O–H groups in total. The summed E-state index contributed by atoms with van der Waals surface area (Å²) < 4.78 is 5.08. The molecule has 0 radical (unpaired) electrons. The fourth-order valence-electron chi connectivity index (χ4n) is 1.65. The maximum Gasteiger partial charge on any atom is 0.316 e. The molecule has 0 saturated heterocycles. The van der Waals surface area contributed by atoms with E-state index in [1.54, 1.807) is 24.3 Å². The van der Waals surface area contributed by atoms with E-state index in [1.165, 1.54) is 0 Å². The van der Waals surface area contributed by atoms with E-state index < -0.39 is 6.03 Å². The quantitative estimate of drug-likeness (QED) is 0.435. The van der Waals surface area contributed by atoms with Crippen molar-refractivity contribution in [2.24, 2.45) is 5.73 Å². The van der Waals surface area contributed by atoms with Crippen LogP contribution in [0, 0.1) is 0 Å². The van der Waals surface area contributed by atoms with Crippen LogP contribution in [0.2, 0.25) is 0 Å². The summed E-state index contributed by atoms with van der Waals surface area (Å²) >= 11 is 0. The molecule has 7 heteroatoms. The highest BCUT2D eigenvalue weighted by Crippen LogP contribution is 2.19. The highest BCUT2D eigenvalue weighted by molar-refractivity contribution is 5.91. The first-order valence-electron chi connectivity index (χ1n) is 6.07. The van der Waals surface area contributed by atoms with Crippen LogP contribution in [0.1, 0.15) is 0 Å². The van der Waals surface area contributed by atoms with Crippen molar-refractivity contribution in [3.05, 3.63) is 48.5 Å². The van der Waals surface area contributed by atoms with Gasteiger partial charge in [-0.1, -0.05) is 12.1 Å². The highest BCUT2D eigenvalue weighted by Gasteiger charge is 2.01. The Bertz CT molecular complexity index is 665. The third-order valence-electron chi connectivity index (χ3n) is 2.51. The Balaban J connectivity index is 0.000000189. The first-order chi connectivity index (χ1) is 10.2. The van der Waals surface area contributed by atoms with E-state index in [-0.39, 0.29) is 0 Å². The number of para-hydroxylation sites is 2. The molecule has 7 nitrogen and oxygen atoms in total. The lowest BCUT2D eigenvalue weighted by Gasteiger charge is -2.09. The monoisotopic (exact) mass is 286 g/mol. The van der Waals surface area contributed by atoms with Gasteiger partial charge in [-0.15, -0.1) is 0 Å². The third-order valence-corrected chi connectivity index (χ3v) is 2.51. The number of primary amides is 1. The zero-order chi connectivity index (χ0) is 15.1. The molecule has 1 aromatic carbocycles. The highest BCUT2D eigenvalue weighted by atomic mass is 16.3. The maximum atomic E-state index is 10.6. The standard InChI is InChI=1S/C8H10N4O2.C6H4O/c9-8(14)11-6-3-1-2-4-7(6)12-10-5-13;1-2-6-4-3-5(1)7-6/h1-5,12H,(H,10,13)(H3,9,11,14);1-4H. The number of hydrogen-bond donors (Lipinski definition) is 4. The van der Waals surface area contributed by atoms with Gasteiger partial charge in [-0.05, 0) is 36.4 Å². The first kappa shape index (κ1) is 14.2. The summed E-state index contributed by atoms with van der Waals surface area (Å²) in [5, 5.41) is 2.40. The van der Waals surface area contributed by atoms with Gasteiger partial charge in [0.15, 0.2) is 0 Å². The molecular formula is C14H14N4O3. The van der Waals surface area contributed by atoms with Gasteiger partial charge in [-0.25, -0.2) is 4.79 Å². The second kappa shape index (κ2) is 6.80. The SMILES string of the molecule is NC(=O)Nc1ccccc1NNC=O.c1cc2ccc1o2. The molecule has 0 unspecified atom stereocenters. The molecule has 0 aliphatic carbocycles. The van der Waals surface area contributed by atoms with E-state index in [4.69, 9.17) is 10.2 Å². The minimum Gasteiger partial charge on any atom is -0.457 e. The molecule has 0 atom stereocenters. The summed E-state index contributed by atoms with van der Waals surface area (Å²) in [4.78, 5) is 20.6. The molecule has 0 spiro atoms. The van der Waals surface area contributed by atoms with Crippen molar-refractivity contribution in [1.82, 2.24) is 5.43 Å². The molecule has 0 saturated carbocycles. The molecule has 0 aliphatic heterocycles. The Morgan fingerprint density at radius 1 is 1.00 bits per heavy atom. The number of furan rings is 2. The van der Waals surface area contributed by atoms with Gasteiger partial charge in [0.25, 0.3) is 0 Å². The molecule has 0 aliphatic rings. The molecule has 2 heterocycles. The largest absolute Gasteiger partial charge is 0.457 e. The van der Waals surface area contributed by atoms with Crippen LogP contribution < -0.4 is 21.9 Å². The summed E-state index contributed by atoms with van der Waals surface area (Å²) in [6.07, 6.45) is 0.487. The minimum atomic E-state index is -0.662. The van der Waals surface area contributed by atoms with Crippen LogP contribution >= 0.6 is 0 Å². The smallest absolute Gasteiger partial charge is 0.316 e. The van der Waals surface area contributed by atoms with Gasteiger partial charge in [0.1, 0.15) is 11.2 Å². The van der Waals surface area contributed by atoms with Crippen LogP contribution in [0.5, 0.6) is 0 Å². The number of carbonyl (C=O) groups is 2. The number of urea groups is 1. The normalized spacial score (nSPS) is 9.52. The molecule has 2 aromatic heterocycles. The van der Waals surface area contributed by atoms with E-state index in [9.17, 15) is 9.59 Å². The molecule has 21 heavy (non-hydrogen) atoms. The van der Waals surface area contributed by atoms with Crippen LogP contribution in [0.4, 0.5) is 16.2 Å². The predicted octanol–water partition coefficient (Wildman–Crippen LogP) is 2.12. The van der Waals surface area contributed by atoms with E-state index in [0.717, 1.165) is 11.2 Å². The third kappa shape index (κ3) is 4.13. The van der Waals surface area contributed by atoms with Gasteiger partial charge < -0.3 is 15.5 Å². The Morgan fingerprint density at radius 3 is 2.00 bits per heavy atom. The van der Waals surface area contributed by atoms with Crippen LogP contribution in [0.15, 0.2) is 52.9 Å². The average Bonchev–Trinajstić information content (AvgIpc) is 3.12. The summed E-state index contributed by atoms with van der Waals surface area (Å²) in [5.41, 5.74) is 12.8. The number of fused-ring (bicyclic) bond motifs is 2. The number of nitrogens with two attached hydrogens (primary N) is 1. The topological polar surface area (TPSA) is 109 Å². The second-order valence-electron chi connectivity index (χ2n) is 4.00. The van der Waals surface area contributed by atoms with Gasteiger partial charge in [-0.2, -0.15) is 0 Å². The lowest BCUT2D eigenvalue weighted by molar-refractivity contribution is -0.109. The van der Waals surface area contributed by atoms with Crippen LogP contribution in [-0.4, -0.2) is 12.4 Å². The molecule has 3 aromatic rings. The molecule has 2 bridgehead atoms. The summed E-state index contributed by atoms with van der Waals surface area (Å²) in [7, 11) is 0. The van der Waals surface area contributed by atoms with Crippen molar-refractivity contribution in [1.29, 1.82) is 0 Å². The number of rotatable bonds is 4. The zero-order valence-corrected chi connectivity index (χ0v) is 11.0. The second-order valence-corrected chi connectivity index (χ2v) is 4.00. The lowest BCUT2D eigenvalue weighted by atomic mass is 10.3. The number of benzene rings is 2. The van der Waals surface area contributed by atoms with E-state index >= 15 is 0 Å². The molecule has 3 rings (SSSR count). The fourth-order valence-corrected chi connectivity index (χ4v) is 1.65. The summed E-state index contributed by atoms with van der Waals surface area (Å²) in [5.74, 6) is 0. The number of nitrogens with one attached hydrogen (secondary N) is 3. The van der Waals surface area contributed by atoms with E-state index in [2.05, 4.69) is 16.2 Å². The van der Waals surface area contributed by atoms with Crippen LogP contribution in [0.3, 0.4) is 0 Å². The first-order valence-corrected chi connectivity index (χ1v) is 6.07. The van der Waals surface area contributed by atoms with Gasteiger partial charge >= 0.3 is 6.03 Å². The fraction of sp³-hybridized carbons (Fsp3) is 0. The molecule has 0 fully saturated rings. The van der Waals surface area contributed by atoms with Crippen LogP contribution in [0.25, 0.3) is 11.2 Å². The molecule has 108 valence electrons. The van der Waals surface area contributed by atoms with E-state index in [1.807, 2.05) is 24.3 Å². The molecule has 3 amide bonds. The zero-order valence-electron chi connectivity index (χ0n) is 11.0. The van der Waals surface area contributed by atoms with Crippen molar-refractivity contribution >= 4 is 35.0 Å². The van der Waals surface area contributed by atoms with Crippen molar-refractivity contribution in [3.63, 3.8) is 0 Å². The molecular weight excluding hydrogens is 272 g/mol. The van der Waals surface area contributed by atoms with Gasteiger partial charge in [0.2, 0.25) is 6.41 Å². The Kier molecular flexibility index (Phi) is 4.60. The Labute approximate surface area is 120 Å². The van der Waals surface area contributed by atoms with Gasteiger partial charge in [-0.3, -0.25) is 15.6 Å². The number of hydrogen-bond acceptors (Lipinski definition) is 4. The van der Waals surface area contributed by atoms with Crippen molar-refractivity contribution < 1.29 is 14.0 Å². The maximum absolute atomic E-state index is 10.6. The minimum absolute atomic E-state index is 0.487. The number of amides is 3. The Hall–Kier alpha value is -3.22. The van der Waals surface area contributed by atoms with Crippen molar-refractivity contribution in [2.75, 3.05) is 10.7 Å². The Morgan fingerprint density at radius 2 is 1.57 bits per heavy atom. The predicted molar refractivity (Wildman–Crippen MR) is 79.9 cm³/mol. The van der Waals surface area contributed by atoms with Gasteiger partial charge in [0.05, 0.1) is 11.4 Å². The van der Waals surface area contributed by atoms with Gasteiger partial charge in [0, 0.05) is 0 Å². The summed E-state index contributed by atoms with van der Waals surface area (Å²) in [6.45, 7) is 0. The number of carbonyl (C=O) groups excluding carboxylic acids is 2. The summed E-state index contributed by atoms with van der Waals surface area (Å²) in [6, 6.07) is 14.0. The van der Waals surface area contributed by atoms with E-state index in [0.29, 0.717) is 17.8 Å². The van der Waals surface area contributed by atoms with Crippen molar-refractivity contribution in [3.8, 4) is 0 Å². The number of anilines is 2. The van der Waals surface area contributed by atoms with Crippen LogP contribution in [-0.2, 0) is 4.79 Å². The average molecular weight is 286 g/mol. The lowest BCUT2D eigenvalue weighted by Crippen LogP contribution is -2.23.